The maximum Gasteiger partial charge on any atom is 0.328 e. The number of allylic oxidation sites excluding steroid dienone is 1. The monoisotopic (exact) mass is 312 g/mol. The molecular weight excluding hydrogens is 284 g/mol. The van der Waals surface area contributed by atoms with E-state index in [1.807, 2.05) is 33.8 Å². The minimum atomic E-state index is -0.754. The quantitative estimate of drug-likeness (QED) is 0.526. The van der Waals surface area contributed by atoms with E-state index in [9.17, 15) is 14.4 Å². The number of ether oxygens (including phenoxy) is 1. The molecule has 0 rings (SSSR count). The predicted molar refractivity (Wildman–Crippen MR) is 85.1 cm³/mol. The van der Waals surface area contributed by atoms with E-state index in [1.54, 1.807) is 0 Å². The highest BCUT2D eigenvalue weighted by molar-refractivity contribution is 5.90. The number of rotatable bonds is 8. The molecule has 2 amide bonds. The van der Waals surface area contributed by atoms with Crippen molar-refractivity contribution in [3.05, 3.63) is 11.6 Å². The highest BCUT2D eigenvalue weighted by atomic mass is 16.5. The van der Waals surface area contributed by atoms with Crippen LogP contribution in [-0.4, -0.2) is 37.0 Å². The Kier molecular flexibility index (Phi) is 9.13. The average Bonchev–Trinajstić information content (AvgIpc) is 2.40. The number of carbonyl (C=O) groups is 3. The molecule has 0 heterocycles. The highest BCUT2D eigenvalue weighted by Crippen LogP contribution is 2.07. The molecule has 0 aliphatic heterocycles. The molecule has 2 N–H and O–H groups in total. The summed E-state index contributed by atoms with van der Waals surface area (Å²) in [4.78, 5) is 35.3. The smallest absolute Gasteiger partial charge is 0.328 e. The van der Waals surface area contributed by atoms with Crippen molar-refractivity contribution in [2.24, 2.45) is 5.92 Å². The molecule has 126 valence electrons. The van der Waals surface area contributed by atoms with Crippen LogP contribution in [0.2, 0.25) is 0 Å². The molecule has 22 heavy (non-hydrogen) atoms. The third-order valence-corrected chi connectivity index (χ3v) is 2.97. The lowest BCUT2D eigenvalue weighted by atomic mass is 10.0. The van der Waals surface area contributed by atoms with Crippen LogP contribution in [0.5, 0.6) is 0 Å². The van der Waals surface area contributed by atoms with Gasteiger partial charge in [0, 0.05) is 6.92 Å². The Morgan fingerprint density at radius 1 is 1.05 bits per heavy atom. The lowest BCUT2D eigenvalue weighted by molar-refractivity contribution is -0.145. The predicted octanol–water partition coefficient (Wildman–Crippen LogP) is 1.55. The molecule has 0 fully saturated rings. The second kappa shape index (κ2) is 9.97. The third-order valence-electron chi connectivity index (χ3n) is 2.97. The lowest BCUT2D eigenvalue weighted by Gasteiger charge is -2.22. The van der Waals surface area contributed by atoms with Gasteiger partial charge in [-0.3, -0.25) is 9.59 Å². The summed E-state index contributed by atoms with van der Waals surface area (Å²) in [5.74, 6) is -0.921. The van der Waals surface area contributed by atoms with E-state index >= 15 is 0 Å². The topological polar surface area (TPSA) is 84.5 Å². The van der Waals surface area contributed by atoms with Crippen LogP contribution in [-0.2, 0) is 19.1 Å². The summed E-state index contributed by atoms with van der Waals surface area (Å²) in [5, 5.41) is 5.28. The van der Waals surface area contributed by atoms with Crippen LogP contribution in [0.25, 0.3) is 0 Å². The van der Waals surface area contributed by atoms with Gasteiger partial charge in [-0.2, -0.15) is 0 Å². The number of amides is 2. The number of hydrogen-bond donors (Lipinski definition) is 2. The molecule has 2 atom stereocenters. The molecule has 0 aromatic carbocycles. The number of methoxy groups -OCH3 is 1. The van der Waals surface area contributed by atoms with Gasteiger partial charge in [-0.15, -0.1) is 0 Å². The third kappa shape index (κ3) is 8.44. The maximum atomic E-state index is 12.3. The molecule has 0 saturated carbocycles. The zero-order valence-corrected chi connectivity index (χ0v) is 14.4. The van der Waals surface area contributed by atoms with Crippen molar-refractivity contribution < 1.29 is 19.1 Å². The maximum absolute atomic E-state index is 12.3. The summed E-state index contributed by atoms with van der Waals surface area (Å²) in [6.45, 7) is 9.11. The Balaban J connectivity index is 4.96. The largest absolute Gasteiger partial charge is 0.467 e. The molecule has 0 spiro atoms. The zero-order chi connectivity index (χ0) is 17.3. The molecule has 0 aliphatic rings. The summed E-state index contributed by atoms with van der Waals surface area (Å²) in [6.07, 6.45) is 2.72. The van der Waals surface area contributed by atoms with E-state index < -0.39 is 18.1 Å². The number of carbonyl (C=O) groups excluding carboxylic acids is 3. The number of nitrogens with one attached hydrogen (secondary N) is 2. The standard InChI is InChI=1S/C16H28N2O4/c1-10(2)7-8-13(16(21)22-6)18-15(20)14(9-11(3)4)17-12(5)19/h7,11,13-14H,8-9H2,1-6H3,(H,17,19)(H,18,20)/t13-,14-/m0/s1. The summed E-state index contributed by atoms with van der Waals surface area (Å²) in [6, 6.07) is -1.41. The van der Waals surface area contributed by atoms with E-state index in [-0.39, 0.29) is 17.7 Å². The van der Waals surface area contributed by atoms with E-state index in [0.29, 0.717) is 12.8 Å². The van der Waals surface area contributed by atoms with Gasteiger partial charge in [0.05, 0.1) is 7.11 Å². The van der Waals surface area contributed by atoms with Gasteiger partial charge in [-0.25, -0.2) is 4.79 Å². The Morgan fingerprint density at radius 2 is 1.64 bits per heavy atom. The molecule has 0 bridgehead atoms. The van der Waals surface area contributed by atoms with Gasteiger partial charge >= 0.3 is 5.97 Å². The van der Waals surface area contributed by atoms with E-state index in [0.717, 1.165) is 5.57 Å². The fourth-order valence-corrected chi connectivity index (χ4v) is 1.93. The van der Waals surface area contributed by atoms with Crippen molar-refractivity contribution in [1.82, 2.24) is 10.6 Å². The van der Waals surface area contributed by atoms with Crippen LogP contribution >= 0.6 is 0 Å². The van der Waals surface area contributed by atoms with Crippen LogP contribution in [0.4, 0.5) is 0 Å². The normalized spacial score (nSPS) is 13.0. The van der Waals surface area contributed by atoms with E-state index in [4.69, 9.17) is 4.74 Å². The van der Waals surface area contributed by atoms with E-state index in [1.165, 1.54) is 14.0 Å². The van der Waals surface area contributed by atoms with Gasteiger partial charge < -0.3 is 15.4 Å². The van der Waals surface area contributed by atoms with Crippen molar-refractivity contribution in [3.63, 3.8) is 0 Å². The van der Waals surface area contributed by atoms with Gasteiger partial charge in [0.25, 0.3) is 0 Å². The van der Waals surface area contributed by atoms with E-state index in [2.05, 4.69) is 10.6 Å². The Labute approximate surface area is 132 Å². The Bertz CT molecular complexity index is 426. The van der Waals surface area contributed by atoms with Crippen molar-refractivity contribution >= 4 is 17.8 Å². The van der Waals surface area contributed by atoms with Crippen molar-refractivity contribution in [2.45, 2.75) is 59.5 Å². The SMILES string of the molecule is COC(=O)[C@H](CC=C(C)C)NC(=O)[C@H](CC(C)C)NC(C)=O. The molecule has 0 saturated heterocycles. The summed E-state index contributed by atoms with van der Waals surface area (Å²) in [5.41, 5.74) is 1.05. The first-order chi connectivity index (χ1) is 10.2. The Morgan fingerprint density at radius 3 is 2.05 bits per heavy atom. The van der Waals surface area contributed by atoms with Crippen LogP contribution in [0.15, 0.2) is 11.6 Å². The number of esters is 1. The molecule has 0 aromatic heterocycles. The molecule has 0 aromatic rings. The van der Waals surface area contributed by atoms with Crippen LogP contribution in [0.3, 0.4) is 0 Å². The van der Waals surface area contributed by atoms with Crippen LogP contribution in [0, 0.1) is 5.92 Å². The minimum Gasteiger partial charge on any atom is -0.467 e. The van der Waals surface area contributed by atoms with Gasteiger partial charge in [0.15, 0.2) is 0 Å². The van der Waals surface area contributed by atoms with Gasteiger partial charge in [0.1, 0.15) is 12.1 Å². The summed E-state index contributed by atoms with van der Waals surface area (Å²) >= 11 is 0. The van der Waals surface area contributed by atoms with Crippen LogP contribution in [0.1, 0.15) is 47.5 Å². The van der Waals surface area contributed by atoms with Gasteiger partial charge in [-0.05, 0) is 32.6 Å². The summed E-state index contributed by atoms with van der Waals surface area (Å²) < 4.78 is 4.72. The molecule has 0 unspecified atom stereocenters. The number of hydrogen-bond acceptors (Lipinski definition) is 4. The Hall–Kier alpha value is -1.85. The first-order valence-electron chi connectivity index (χ1n) is 7.46. The molecular formula is C16H28N2O4. The fraction of sp³-hybridized carbons (Fsp3) is 0.688. The van der Waals surface area contributed by atoms with Crippen LogP contribution < -0.4 is 10.6 Å². The molecule has 6 nitrogen and oxygen atoms in total. The minimum absolute atomic E-state index is 0.233. The van der Waals surface area contributed by atoms with Gasteiger partial charge in [0.2, 0.25) is 11.8 Å². The molecule has 0 radical (unpaired) electrons. The van der Waals surface area contributed by atoms with Crippen molar-refractivity contribution in [3.8, 4) is 0 Å². The fourth-order valence-electron chi connectivity index (χ4n) is 1.93. The second-order valence-corrected chi connectivity index (χ2v) is 5.98. The molecule has 6 heteroatoms. The molecule has 0 aliphatic carbocycles. The first kappa shape index (κ1) is 20.1. The summed E-state index contributed by atoms with van der Waals surface area (Å²) in [7, 11) is 1.28. The van der Waals surface area contributed by atoms with Crippen molar-refractivity contribution in [2.75, 3.05) is 7.11 Å². The zero-order valence-electron chi connectivity index (χ0n) is 14.4. The van der Waals surface area contributed by atoms with Crippen molar-refractivity contribution in [1.29, 1.82) is 0 Å². The highest BCUT2D eigenvalue weighted by Gasteiger charge is 2.26. The van der Waals surface area contributed by atoms with Gasteiger partial charge in [-0.1, -0.05) is 25.5 Å². The first-order valence-corrected chi connectivity index (χ1v) is 7.46. The average molecular weight is 312 g/mol. The second-order valence-electron chi connectivity index (χ2n) is 5.98. The lowest BCUT2D eigenvalue weighted by Crippen LogP contribution is -2.51.